The van der Waals surface area contributed by atoms with E-state index in [1.807, 2.05) is 13.8 Å². The minimum absolute atomic E-state index is 0.00944. The van der Waals surface area contributed by atoms with E-state index in [1.165, 1.54) is 28.6 Å². The summed E-state index contributed by atoms with van der Waals surface area (Å²) in [6.45, 7) is 3.80. The van der Waals surface area contributed by atoms with Gasteiger partial charge >= 0.3 is 0 Å². The van der Waals surface area contributed by atoms with Crippen LogP contribution in [-0.4, -0.2) is 29.7 Å². The van der Waals surface area contributed by atoms with E-state index in [9.17, 15) is 18.5 Å². The summed E-state index contributed by atoms with van der Waals surface area (Å²) >= 11 is 0. The number of nitro groups is 1. The molecule has 0 aromatic heterocycles. The topological polar surface area (TPSA) is 80.3 Å². The number of rotatable bonds is 4. The smallest absolute Gasteiger partial charge is 0.258 e. The molecule has 1 fully saturated rings. The first-order valence-electron chi connectivity index (χ1n) is 5.67. The quantitative estimate of drug-likeness (QED) is 0.474. The van der Waals surface area contributed by atoms with Crippen LogP contribution in [0.15, 0.2) is 29.2 Å². The molecule has 0 radical (unpaired) electrons. The van der Waals surface area contributed by atoms with Crippen LogP contribution in [0.2, 0.25) is 0 Å². The lowest BCUT2D eigenvalue weighted by molar-refractivity contribution is -0.384. The van der Waals surface area contributed by atoms with Gasteiger partial charge in [0.15, 0.2) is 0 Å². The number of non-ortho nitro benzene ring substituents is 1. The van der Waals surface area contributed by atoms with Crippen LogP contribution in [0.4, 0.5) is 5.69 Å². The van der Waals surface area contributed by atoms with Crippen molar-refractivity contribution in [3.05, 3.63) is 34.4 Å². The zero-order chi connectivity index (χ0) is 13.5. The maximum Gasteiger partial charge on any atom is 0.269 e. The van der Waals surface area contributed by atoms with Gasteiger partial charge in [0.2, 0.25) is 10.0 Å². The Morgan fingerprint density at radius 2 is 1.89 bits per heavy atom. The monoisotopic (exact) mass is 270 g/mol. The molecule has 1 saturated heterocycles. The van der Waals surface area contributed by atoms with E-state index in [0.29, 0.717) is 0 Å². The first kappa shape index (κ1) is 13.0. The summed E-state index contributed by atoms with van der Waals surface area (Å²) in [5.41, 5.74) is -0.111. The molecule has 1 aromatic rings. The summed E-state index contributed by atoms with van der Waals surface area (Å²) in [6, 6.07) is 5.04. The predicted octanol–water partition coefficient (Wildman–Crippen LogP) is 1.77. The van der Waals surface area contributed by atoms with E-state index in [0.717, 1.165) is 6.42 Å². The number of hydrogen-bond donors (Lipinski definition) is 0. The molecule has 0 saturated carbocycles. The molecule has 6 nitrogen and oxygen atoms in total. The van der Waals surface area contributed by atoms with Crippen molar-refractivity contribution in [1.82, 2.24) is 4.31 Å². The van der Waals surface area contributed by atoms with Crippen LogP contribution < -0.4 is 0 Å². The molecule has 2 rings (SSSR count). The molecule has 0 bridgehead atoms. The maximum absolute atomic E-state index is 12.2. The van der Waals surface area contributed by atoms with E-state index >= 15 is 0 Å². The summed E-state index contributed by atoms with van der Waals surface area (Å²) in [7, 11) is -3.51. The standard InChI is InChI=1S/C11H14N2O4S/c1-3-11-8(2)12(11)18(16,17)10-6-4-9(5-7-10)13(14)15/h4-8,11H,3H2,1-2H3. The van der Waals surface area contributed by atoms with E-state index in [1.54, 1.807) is 0 Å². The lowest BCUT2D eigenvalue weighted by Gasteiger charge is -2.05. The molecule has 98 valence electrons. The van der Waals surface area contributed by atoms with Gasteiger partial charge in [-0.3, -0.25) is 10.1 Å². The lowest BCUT2D eigenvalue weighted by Crippen LogP contribution is -2.15. The van der Waals surface area contributed by atoms with Gasteiger partial charge in [0, 0.05) is 24.2 Å². The molecule has 3 atom stereocenters. The van der Waals surface area contributed by atoms with Crippen LogP contribution in [0, 0.1) is 10.1 Å². The van der Waals surface area contributed by atoms with Crippen molar-refractivity contribution in [1.29, 1.82) is 0 Å². The highest BCUT2D eigenvalue weighted by Gasteiger charge is 2.51. The first-order chi connectivity index (χ1) is 8.39. The molecular formula is C11H14N2O4S. The van der Waals surface area contributed by atoms with Gasteiger partial charge in [-0.25, -0.2) is 8.42 Å². The lowest BCUT2D eigenvalue weighted by atomic mass is 10.3. The Kier molecular flexibility index (Phi) is 3.12. The fourth-order valence-corrected chi connectivity index (χ4v) is 4.09. The molecule has 1 heterocycles. The third-order valence-electron chi connectivity index (χ3n) is 3.24. The van der Waals surface area contributed by atoms with Gasteiger partial charge in [0.25, 0.3) is 5.69 Å². The molecule has 1 aliphatic rings. The van der Waals surface area contributed by atoms with Gasteiger partial charge in [-0.05, 0) is 25.5 Å². The van der Waals surface area contributed by atoms with Crippen molar-refractivity contribution < 1.29 is 13.3 Å². The van der Waals surface area contributed by atoms with Crippen molar-refractivity contribution in [2.45, 2.75) is 37.2 Å². The minimum atomic E-state index is -3.51. The van der Waals surface area contributed by atoms with Gasteiger partial charge in [-0.15, -0.1) is 0 Å². The molecule has 0 amide bonds. The van der Waals surface area contributed by atoms with Gasteiger partial charge in [-0.2, -0.15) is 4.31 Å². The summed E-state index contributed by atoms with van der Waals surface area (Å²) < 4.78 is 25.9. The zero-order valence-electron chi connectivity index (χ0n) is 10.1. The average Bonchev–Trinajstić information content (AvgIpc) is 3.00. The second-order valence-electron chi connectivity index (χ2n) is 4.30. The number of hydrogen-bond acceptors (Lipinski definition) is 4. The summed E-state index contributed by atoms with van der Waals surface area (Å²) in [6.07, 6.45) is 0.771. The fourth-order valence-electron chi connectivity index (χ4n) is 2.16. The molecular weight excluding hydrogens is 256 g/mol. The van der Waals surface area contributed by atoms with Crippen LogP contribution in [0.3, 0.4) is 0 Å². The first-order valence-corrected chi connectivity index (χ1v) is 7.11. The van der Waals surface area contributed by atoms with Crippen molar-refractivity contribution in [3.63, 3.8) is 0 Å². The van der Waals surface area contributed by atoms with Crippen molar-refractivity contribution >= 4 is 15.7 Å². The number of nitro benzene ring substituents is 1. The van der Waals surface area contributed by atoms with Gasteiger partial charge in [0.1, 0.15) is 0 Å². The third kappa shape index (κ3) is 1.99. The Balaban J connectivity index is 2.29. The van der Waals surface area contributed by atoms with E-state index < -0.39 is 14.9 Å². The van der Waals surface area contributed by atoms with Crippen molar-refractivity contribution in [3.8, 4) is 0 Å². The summed E-state index contributed by atoms with van der Waals surface area (Å²) in [5.74, 6) is 0. The second-order valence-corrected chi connectivity index (χ2v) is 6.15. The largest absolute Gasteiger partial charge is 0.269 e. The van der Waals surface area contributed by atoms with Crippen LogP contribution in [-0.2, 0) is 10.0 Å². The van der Waals surface area contributed by atoms with Crippen LogP contribution in [0.5, 0.6) is 0 Å². The Morgan fingerprint density at radius 3 is 2.28 bits per heavy atom. The van der Waals surface area contributed by atoms with Crippen LogP contribution >= 0.6 is 0 Å². The molecule has 3 unspecified atom stereocenters. The molecule has 1 aromatic carbocycles. The zero-order valence-corrected chi connectivity index (χ0v) is 10.9. The maximum atomic E-state index is 12.2. The van der Waals surface area contributed by atoms with E-state index in [2.05, 4.69) is 0 Å². The summed E-state index contributed by atoms with van der Waals surface area (Å²) in [5, 5.41) is 10.5. The third-order valence-corrected chi connectivity index (χ3v) is 5.26. The van der Waals surface area contributed by atoms with Crippen molar-refractivity contribution in [2.24, 2.45) is 0 Å². The molecule has 0 aliphatic carbocycles. The highest BCUT2D eigenvalue weighted by Crippen LogP contribution is 2.37. The Morgan fingerprint density at radius 1 is 1.33 bits per heavy atom. The summed E-state index contributed by atoms with van der Waals surface area (Å²) in [4.78, 5) is 10.1. The molecule has 1 aliphatic heterocycles. The van der Waals surface area contributed by atoms with Gasteiger partial charge in [0.05, 0.1) is 9.82 Å². The molecule has 7 heteroatoms. The van der Waals surface area contributed by atoms with Crippen LogP contribution in [0.25, 0.3) is 0 Å². The second kappa shape index (κ2) is 4.33. The normalized spacial score (nSPS) is 26.9. The Labute approximate surface area is 105 Å². The van der Waals surface area contributed by atoms with E-state index in [-0.39, 0.29) is 22.7 Å². The highest BCUT2D eigenvalue weighted by molar-refractivity contribution is 7.89. The number of benzene rings is 1. The number of nitrogens with zero attached hydrogens (tertiary/aromatic N) is 2. The molecule has 0 N–H and O–H groups in total. The van der Waals surface area contributed by atoms with Gasteiger partial charge in [-0.1, -0.05) is 6.92 Å². The highest BCUT2D eigenvalue weighted by atomic mass is 32.2. The average molecular weight is 270 g/mol. The molecule has 18 heavy (non-hydrogen) atoms. The minimum Gasteiger partial charge on any atom is -0.258 e. The SMILES string of the molecule is CCC1C(C)N1S(=O)(=O)c1ccc([N+](=O)[O-])cc1. The Bertz CT molecular complexity index is 567. The predicted molar refractivity (Wildman–Crippen MR) is 65.7 cm³/mol. The molecule has 0 spiro atoms. The van der Waals surface area contributed by atoms with E-state index in [4.69, 9.17) is 0 Å². The number of sulfonamides is 1. The van der Waals surface area contributed by atoms with Crippen LogP contribution in [0.1, 0.15) is 20.3 Å². The Hall–Kier alpha value is -1.47. The van der Waals surface area contributed by atoms with Crippen molar-refractivity contribution in [2.75, 3.05) is 0 Å². The fraction of sp³-hybridized carbons (Fsp3) is 0.455. The van der Waals surface area contributed by atoms with Gasteiger partial charge < -0.3 is 0 Å².